The van der Waals surface area contributed by atoms with Gasteiger partial charge in [-0.05, 0) is 50.3 Å². The van der Waals surface area contributed by atoms with E-state index in [0.29, 0.717) is 29.0 Å². The van der Waals surface area contributed by atoms with Crippen LogP contribution in [0.1, 0.15) is 61.3 Å². The summed E-state index contributed by atoms with van der Waals surface area (Å²) in [5, 5.41) is 13.8. The molecule has 1 unspecified atom stereocenters. The van der Waals surface area contributed by atoms with Crippen LogP contribution < -0.4 is 4.74 Å². The molecule has 2 aliphatic heterocycles. The van der Waals surface area contributed by atoms with Crippen LogP contribution in [0.2, 0.25) is 0 Å². The molecule has 8 nitrogen and oxygen atoms in total. The Morgan fingerprint density at radius 1 is 1.23 bits per heavy atom. The van der Waals surface area contributed by atoms with Crippen molar-refractivity contribution in [3.63, 3.8) is 0 Å². The number of aryl methyl sites for hydroxylation is 1. The van der Waals surface area contributed by atoms with Crippen LogP contribution in [0.15, 0.2) is 24.3 Å². The van der Waals surface area contributed by atoms with E-state index in [0.717, 1.165) is 37.9 Å². The zero-order chi connectivity index (χ0) is 24.7. The van der Waals surface area contributed by atoms with Crippen LogP contribution in [-0.4, -0.2) is 55.7 Å². The van der Waals surface area contributed by atoms with Crippen LogP contribution in [0, 0.1) is 11.7 Å². The second-order valence-corrected chi connectivity index (χ2v) is 9.45. The average molecular weight is 481 g/mol. The van der Waals surface area contributed by atoms with Crippen molar-refractivity contribution in [2.75, 3.05) is 13.2 Å². The first-order valence-corrected chi connectivity index (χ1v) is 12.3. The summed E-state index contributed by atoms with van der Waals surface area (Å²) in [6.07, 6.45) is 5.06. The SMILES string of the molecule is CCc1cc(C(=O)N2CCCCC[C@H]2C)nc2cc(-c3ccc4c(c3F)OCC(C(=O)O)C4)nn12. The van der Waals surface area contributed by atoms with E-state index in [1.807, 2.05) is 11.8 Å². The highest BCUT2D eigenvalue weighted by molar-refractivity contribution is 5.93. The molecule has 2 aliphatic rings. The van der Waals surface area contributed by atoms with E-state index in [1.54, 1.807) is 28.8 Å². The number of ether oxygens (including phenoxy) is 1. The molecule has 0 spiro atoms. The number of aromatic nitrogens is 3. The van der Waals surface area contributed by atoms with Crippen molar-refractivity contribution in [1.82, 2.24) is 19.5 Å². The zero-order valence-corrected chi connectivity index (χ0v) is 20.0. The summed E-state index contributed by atoms with van der Waals surface area (Å²) in [4.78, 5) is 31.2. The third kappa shape index (κ3) is 4.24. The van der Waals surface area contributed by atoms with Gasteiger partial charge in [0.25, 0.3) is 5.91 Å². The topological polar surface area (TPSA) is 97.0 Å². The monoisotopic (exact) mass is 480 g/mol. The largest absolute Gasteiger partial charge is 0.489 e. The summed E-state index contributed by atoms with van der Waals surface area (Å²) in [6, 6.07) is 6.91. The zero-order valence-electron chi connectivity index (χ0n) is 20.0. The summed E-state index contributed by atoms with van der Waals surface area (Å²) in [6.45, 7) is 4.71. The van der Waals surface area contributed by atoms with E-state index >= 15 is 4.39 Å². The van der Waals surface area contributed by atoms with Gasteiger partial charge in [-0.1, -0.05) is 25.8 Å². The number of benzene rings is 1. The lowest BCUT2D eigenvalue weighted by molar-refractivity contribution is -0.143. The molecule has 184 valence electrons. The first-order chi connectivity index (χ1) is 16.9. The van der Waals surface area contributed by atoms with Crippen molar-refractivity contribution in [1.29, 1.82) is 0 Å². The summed E-state index contributed by atoms with van der Waals surface area (Å²) >= 11 is 0. The Morgan fingerprint density at radius 2 is 2.06 bits per heavy atom. The third-order valence-electron chi connectivity index (χ3n) is 7.10. The summed E-state index contributed by atoms with van der Waals surface area (Å²) in [5.41, 5.74) is 2.83. The highest BCUT2D eigenvalue weighted by atomic mass is 19.1. The number of carbonyl (C=O) groups is 2. The predicted octanol–water partition coefficient (Wildman–Crippen LogP) is 4.14. The van der Waals surface area contributed by atoms with E-state index in [4.69, 9.17) is 4.74 Å². The van der Waals surface area contributed by atoms with Crippen LogP contribution in [0.5, 0.6) is 5.75 Å². The van der Waals surface area contributed by atoms with Crippen molar-refractivity contribution in [3.05, 3.63) is 47.0 Å². The standard InChI is InChI=1S/C26H29FN4O4/c1-3-18-12-21(25(32)30-10-6-4-5-7-15(30)2)28-22-13-20(29-31(18)22)19-9-8-16-11-17(26(33)34)14-35-24(16)23(19)27/h8-9,12-13,15,17H,3-7,10-11,14H2,1-2H3,(H,33,34)/t15-,17?/m1/s1. The molecule has 9 heteroatoms. The van der Waals surface area contributed by atoms with Gasteiger partial charge >= 0.3 is 5.97 Å². The average Bonchev–Trinajstić information content (AvgIpc) is 3.17. The maximum absolute atomic E-state index is 15.4. The Morgan fingerprint density at radius 3 is 2.83 bits per heavy atom. The molecule has 2 atom stereocenters. The summed E-state index contributed by atoms with van der Waals surface area (Å²) < 4.78 is 22.6. The van der Waals surface area contributed by atoms with Gasteiger partial charge in [0.15, 0.2) is 17.2 Å². The number of fused-ring (bicyclic) bond motifs is 2. The summed E-state index contributed by atoms with van der Waals surface area (Å²) in [5.74, 6) is -2.23. The lowest BCUT2D eigenvalue weighted by Crippen LogP contribution is -2.38. The molecule has 5 rings (SSSR count). The van der Waals surface area contributed by atoms with Gasteiger partial charge in [-0.25, -0.2) is 13.9 Å². The van der Waals surface area contributed by atoms with E-state index in [9.17, 15) is 14.7 Å². The van der Waals surface area contributed by atoms with Gasteiger partial charge in [0.05, 0.1) is 11.6 Å². The van der Waals surface area contributed by atoms with E-state index in [1.165, 1.54) is 0 Å². The number of carboxylic acids is 1. The quantitative estimate of drug-likeness (QED) is 0.603. The molecule has 0 bridgehead atoms. The highest BCUT2D eigenvalue weighted by Crippen LogP contribution is 2.36. The molecule has 1 N–H and O–H groups in total. The predicted molar refractivity (Wildman–Crippen MR) is 127 cm³/mol. The number of likely N-dealkylation sites (tertiary alicyclic amines) is 1. The van der Waals surface area contributed by atoms with Crippen LogP contribution in [0.3, 0.4) is 0 Å². The number of rotatable bonds is 4. The van der Waals surface area contributed by atoms with E-state index < -0.39 is 17.7 Å². The fraction of sp³-hybridized carbons (Fsp3) is 0.462. The fourth-order valence-corrected chi connectivity index (χ4v) is 5.03. The summed E-state index contributed by atoms with van der Waals surface area (Å²) in [7, 11) is 0. The Labute approximate surface area is 202 Å². The van der Waals surface area contributed by atoms with Crippen LogP contribution in [0.25, 0.3) is 16.9 Å². The molecule has 0 saturated carbocycles. The number of halogens is 1. The lowest BCUT2D eigenvalue weighted by atomic mass is 9.95. The van der Waals surface area contributed by atoms with Gasteiger partial charge in [0.2, 0.25) is 0 Å². The number of amides is 1. The normalized spacial score (nSPS) is 20.3. The molecule has 35 heavy (non-hydrogen) atoms. The van der Waals surface area contributed by atoms with E-state index in [2.05, 4.69) is 17.0 Å². The van der Waals surface area contributed by atoms with Gasteiger partial charge in [-0.3, -0.25) is 9.59 Å². The van der Waals surface area contributed by atoms with E-state index in [-0.39, 0.29) is 36.3 Å². The van der Waals surface area contributed by atoms with Crippen molar-refractivity contribution in [3.8, 4) is 17.0 Å². The number of nitrogens with zero attached hydrogens (tertiary/aromatic N) is 4. The van der Waals surface area contributed by atoms with Gasteiger partial charge in [-0.2, -0.15) is 5.10 Å². The number of carboxylic acid groups (broad SMARTS) is 1. The molecule has 1 aromatic carbocycles. The van der Waals surface area contributed by atoms with Crippen molar-refractivity contribution < 1.29 is 23.8 Å². The number of aliphatic carboxylic acids is 1. The Kier molecular flexibility index (Phi) is 6.17. The smallest absolute Gasteiger partial charge is 0.310 e. The number of carbonyl (C=O) groups excluding carboxylic acids is 1. The second kappa shape index (κ2) is 9.28. The second-order valence-electron chi connectivity index (χ2n) is 9.45. The minimum Gasteiger partial charge on any atom is -0.489 e. The van der Waals surface area contributed by atoms with Crippen molar-refractivity contribution in [2.45, 2.75) is 58.4 Å². The maximum Gasteiger partial charge on any atom is 0.310 e. The molecule has 2 aromatic heterocycles. The molecule has 1 amide bonds. The first-order valence-electron chi connectivity index (χ1n) is 12.3. The third-order valence-corrected chi connectivity index (χ3v) is 7.10. The molecule has 1 fully saturated rings. The lowest BCUT2D eigenvalue weighted by Gasteiger charge is -2.27. The molecule has 4 heterocycles. The van der Waals surface area contributed by atoms with Crippen LogP contribution >= 0.6 is 0 Å². The Bertz CT molecular complexity index is 1300. The Balaban J connectivity index is 1.52. The molecule has 0 radical (unpaired) electrons. The number of hydrogen-bond donors (Lipinski definition) is 1. The minimum atomic E-state index is -0.960. The first kappa shape index (κ1) is 23.3. The molecule has 0 aliphatic carbocycles. The van der Waals surface area contributed by atoms with Gasteiger partial charge in [0.1, 0.15) is 12.3 Å². The van der Waals surface area contributed by atoms with Crippen molar-refractivity contribution >= 4 is 17.5 Å². The minimum absolute atomic E-state index is 0.0736. The van der Waals surface area contributed by atoms with Crippen molar-refractivity contribution in [2.24, 2.45) is 5.92 Å². The maximum atomic E-state index is 15.4. The van der Waals surface area contributed by atoms with Crippen LogP contribution in [0.4, 0.5) is 4.39 Å². The van der Waals surface area contributed by atoms with Crippen LogP contribution in [-0.2, 0) is 17.6 Å². The van der Waals surface area contributed by atoms with Gasteiger partial charge in [-0.15, -0.1) is 0 Å². The molecule has 3 aromatic rings. The highest BCUT2D eigenvalue weighted by Gasteiger charge is 2.30. The molecular formula is C26H29FN4O4. The molecule has 1 saturated heterocycles. The number of hydrogen-bond acceptors (Lipinski definition) is 5. The fourth-order valence-electron chi connectivity index (χ4n) is 5.03. The van der Waals surface area contributed by atoms with Gasteiger partial charge < -0.3 is 14.7 Å². The Hall–Kier alpha value is -3.49. The molecular weight excluding hydrogens is 451 g/mol. The van der Waals surface area contributed by atoms with Gasteiger partial charge in [0, 0.05) is 29.9 Å².